The van der Waals surface area contributed by atoms with Crippen molar-refractivity contribution in [3.63, 3.8) is 0 Å². The zero-order valence-electron chi connectivity index (χ0n) is 9.88. The lowest BCUT2D eigenvalue weighted by Gasteiger charge is -2.18. The quantitative estimate of drug-likeness (QED) is 0.647. The molecule has 1 N–H and O–H groups in total. The first kappa shape index (κ1) is 12.2. The van der Waals surface area contributed by atoms with Crippen molar-refractivity contribution in [2.24, 2.45) is 0 Å². The topological polar surface area (TPSA) is 32.3 Å². The van der Waals surface area contributed by atoms with Crippen LogP contribution in [-0.4, -0.2) is 36.9 Å². The molecular weight excluding hydrogens is 188 g/mol. The van der Waals surface area contributed by atoms with Gasteiger partial charge in [0.15, 0.2) is 5.78 Å². The van der Waals surface area contributed by atoms with Gasteiger partial charge < -0.3 is 10.2 Å². The molecule has 3 heteroatoms. The predicted molar refractivity (Wildman–Crippen MR) is 62.7 cm³/mol. The molecule has 1 rings (SSSR count). The first-order chi connectivity index (χ1) is 7.26. The second-order valence-corrected chi connectivity index (χ2v) is 3.94. The third-order valence-corrected chi connectivity index (χ3v) is 2.87. The fraction of sp³-hybridized carbons (Fsp3) is 0.750. The number of hydrogen-bond acceptors (Lipinski definition) is 3. The summed E-state index contributed by atoms with van der Waals surface area (Å²) in [7, 11) is 0. The predicted octanol–water partition coefficient (Wildman–Crippen LogP) is 1.55. The summed E-state index contributed by atoms with van der Waals surface area (Å²) in [6, 6.07) is 0. The molecule has 0 saturated heterocycles. The van der Waals surface area contributed by atoms with Crippen LogP contribution in [0.2, 0.25) is 0 Å². The van der Waals surface area contributed by atoms with Gasteiger partial charge in [0.25, 0.3) is 0 Å². The summed E-state index contributed by atoms with van der Waals surface area (Å²) >= 11 is 0. The van der Waals surface area contributed by atoms with Crippen molar-refractivity contribution in [2.45, 2.75) is 33.1 Å². The highest BCUT2D eigenvalue weighted by atomic mass is 16.1. The van der Waals surface area contributed by atoms with Crippen molar-refractivity contribution >= 4 is 5.78 Å². The van der Waals surface area contributed by atoms with Crippen molar-refractivity contribution in [1.82, 2.24) is 10.2 Å². The minimum absolute atomic E-state index is 0.265. The summed E-state index contributed by atoms with van der Waals surface area (Å²) in [5.41, 5.74) is 1.12. The number of hydrogen-bond donors (Lipinski definition) is 1. The van der Waals surface area contributed by atoms with E-state index in [1.807, 2.05) is 0 Å². The van der Waals surface area contributed by atoms with Crippen LogP contribution in [0, 0.1) is 0 Å². The number of carbonyl (C=O) groups is 1. The van der Waals surface area contributed by atoms with E-state index in [1.54, 1.807) is 6.08 Å². The van der Waals surface area contributed by atoms with Gasteiger partial charge in [-0.3, -0.25) is 4.79 Å². The maximum atomic E-state index is 11.0. The molecule has 0 bridgehead atoms. The average molecular weight is 210 g/mol. The fourth-order valence-corrected chi connectivity index (χ4v) is 1.83. The molecule has 1 aliphatic rings. The number of allylic oxidation sites excluding steroid dienone is 2. The molecule has 0 radical (unpaired) electrons. The van der Waals surface area contributed by atoms with Crippen molar-refractivity contribution in [2.75, 3.05) is 26.2 Å². The Bertz CT molecular complexity index is 232. The van der Waals surface area contributed by atoms with Crippen LogP contribution in [-0.2, 0) is 4.79 Å². The summed E-state index contributed by atoms with van der Waals surface area (Å²) in [5, 5.41) is 3.33. The maximum absolute atomic E-state index is 11.0. The van der Waals surface area contributed by atoms with Gasteiger partial charge in [0, 0.05) is 24.7 Å². The van der Waals surface area contributed by atoms with Crippen molar-refractivity contribution in [3.8, 4) is 0 Å². The van der Waals surface area contributed by atoms with Crippen LogP contribution in [0.15, 0.2) is 11.8 Å². The molecule has 3 nitrogen and oxygen atoms in total. The van der Waals surface area contributed by atoms with E-state index in [0.717, 1.165) is 44.7 Å². The van der Waals surface area contributed by atoms with E-state index >= 15 is 0 Å². The summed E-state index contributed by atoms with van der Waals surface area (Å²) in [6.45, 7) is 8.75. The lowest BCUT2D eigenvalue weighted by atomic mass is 10.3. The molecular formula is C12H22N2O. The smallest absolute Gasteiger partial charge is 0.157 e. The van der Waals surface area contributed by atoms with Crippen LogP contribution in [0.5, 0.6) is 0 Å². The van der Waals surface area contributed by atoms with E-state index < -0.39 is 0 Å². The molecule has 86 valence electrons. The highest BCUT2D eigenvalue weighted by Gasteiger charge is 2.10. The van der Waals surface area contributed by atoms with Gasteiger partial charge in [0.2, 0.25) is 0 Å². The van der Waals surface area contributed by atoms with Gasteiger partial charge >= 0.3 is 0 Å². The minimum atomic E-state index is 0.265. The average Bonchev–Trinajstić information content (AvgIpc) is 2.65. The maximum Gasteiger partial charge on any atom is 0.157 e. The van der Waals surface area contributed by atoms with Crippen molar-refractivity contribution in [3.05, 3.63) is 11.8 Å². The van der Waals surface area contributed by atoms with Crippen LogP contribution in [0.4, 0.5) is 0 Å². The molecule has 0 spiro atoms. The zero-order valence-corrected chi connectivity index (χ0v) is 9.88. The van der Waals surface area contributed by atoms with E-state index in [4.69, 9.17) is 0 Å². The molecule has 0 atom stereocenters. The Labute approximate surface area is 92.5 Å². The van der Waals surface area contributed by atoms with E-state index in [2.05, 4.69) is 24.1 Å². The van der Waals surface area contributed by atoms with Crippen LogP contribution >= 0.6 is 0 Å². The van der Waals surface area contributed by atoms with Gasteiger partial charge in [-0.25, -0.2) is 0 Å². The Hall–Kier alpha value is -0.830. The number of nitrogens with zero attached hydrogens (tertiary/aromatic N) is 1. The standard InChI is InChI=1S/C12H22N2O/c1-3-14(4-2)9-5-8-13-11-6-7-12(15)10-11/h10,13H,3-9H2,1-2H3. The van der Waals surface area contributed by atoms with Crippen LogP contribution in [0.1, 0.15) is 33.1 Å². The van der Waals surface area contributed by atoms with Crippen LogP contribution < -0.4 is 5.32 Å². The molecule has 0 aromatic heterocycles. The van der Waals surface area contributed by atoms with Crippen molar-refractivity contribution in [1.29, 1.82) is 0 Å². The van der Waals surface area contributed by atoms with Gasteiger partial charge in [-0.1, -0.05) is 13.8 Å². The number of carbonyl (C=O) groups excluding carboxylic acids is 1. The van der Waals surface area contributed by atoms with Crippen LogP contribution in [0.3, 0.4) is 0 Å². The second-order valence-electron chi connectivity index (χ2n) is 3.94. The molecule has 1 aliphatic carbocycles. The Balaban J connectivity index is 2.06. The molecule has 0 aromatic rings. The lowest BCUT2D eigenvalue weighted by molar-refractivity contribution is -0.114. The Morgan fingerprint density at radius 3 is 2.60 bits per heavy atom. The van der Waals surface area contributed by atoms with Gasteiger partial charge in [-0.2, -0.15) is 0 Å². The van der Waals surface area contributed by atoms with E-state index in [9.17, 15) is 4.79 Å². The highest BCUT2D eigenvalue weighted by molar-refractivity contribution is 5.92. The minimum Gasteiger partial charge on any atom is -0.388 e. The number of rotatable bonds is 7. The first-order valence-corrected chi connectivity index (χ1v) is 5.96. The third-order valence-electron chi connectivity index (χ3n) is 2.87. The molecule has 0 fully saturated rings. The second kappa shape index (κ2) is 6.62. The Kier molecular flexibility index (Phi) is 5.40. The summed E-state index contributed by atoms with van der Waals surface area (Å²) in [4.78, 5) is 13.4. The third kappa shape index (κ3) is 4.47. The molecule has 15 heavy (non-hydrogen) atoms. The molecule has 0 heterocycles. The Morgan fingerprint density at radius 2 is 2.07 bits per heavy atom. The molecule has 0 aromatic carbocycles. The summed E-state index contributed by atoms with van der Waals surface area (Å²) < 4.78 is 0. The normalized spacial score (nSPS) is 15.9. The largest absolute Gasteiger partial charge is 0.388 e. The van der Waals surface area contributed by atoms with Gasteiger partial charge in [0.05, 0.1) is 0 Å². The molecule has 0 aliphatic heterocycles. The number of ketones is 1. The SMILES string of the molecule is CCN(CC)CCCNC1=CC(=O)CC1. The monoisotopic (exact) mass is 210 g/mol. The molecule has 0 amide bonds. The van der Waals surface area contributed by atoms with Crippen molar-refractivity contribution < 1.29 is 4.79 Å². The van der Waals surface area contributed by atoms with E-state index in [1.165, 1.54) is 0 Å². The Morgan fingerprint density at radius 1 is 1.33 bits per heavy atom. The van der Waals surface area contributed by atoms with E-state index in [-0.39, 0.29) is 5.78 Å². The summed E-state index contributed by atoms with van der Waals surface area (Å²) in [6.07, 6.45) is 4.49. The summed E-state index contributed by atoms with van der Waals surface area (Å²) in [5.74, 6) is 0.265. The van der Waals surface area contributed by atoms with Crippen LogP contribution in [0.25, 0.3) is 0 Å². The van der Waals surface area contributed by atoms with Gasteiger partial charge in [-0.15, -0.1) is 0 Å². The van der Waals surface area contributed by atoms with Gasteiger partial charge in [-0.05, 0) is 32.5 Å². The molecule has 0 saturated carbocycles. The zero-order chi connectivity index (χ0) is 11.1. The van der Waals surface area contributed by atoms with E-state index in [0.29, 0.717) is 6.42 Å². The fourth-order valence-electron chi connectivity index (χ4n) is 1.83. The van der Waals surface area contributed by atoms with Gasteiger partial charge in [0.1, 0.15) is 0 Å². The highest BCUT2D eigenvalue weighted by Crippen LogP contribution is 2.11. The lowest BCUT2D eigenvalue weighted by Crippen LogP contribution is -2.26. The molecule has 0 unspecified atom stereocenters. The first-order valence-electron chi connectivity index (χ1n) is 5.96. The number of nitrogens with one attached hydrogen (secondary N) is 1.